The molecule has 12 nitrogen and oxygen atoms in total. The van der Waals surface area contributed by atoms with E-state index in [4.69, 9.17) is 18.6 Å². The van der Waals surface area contributed by atoms with Crippen LogP contribution in [0.5, 0.6) is 5.75 Å². The van der Waals surface area contributed by atoms with Gasteiger partial charge in [-0.3, -0.25) is 19.5 Å². The van der Waals surface area contributed by atoms with Gasteiger partial charge >= 0.3 is 0 Å². The van der Waals surface area contributed by atoms with Gasteiger partial charge in [0.15, 0.2) is 5.82 Å². The van der Waals surface area contributed by atoms with Gasteiger partial charge in [0, 0.05) is 129 Å². The molecule has 0 bridgehead atoms. The van der Waals surface area contributed by atoms with Gasteiger partial charge in [-0.15, -0.1) is 71.3 Å². The minimum atomic E-state index is 0. The summed E-state index contributed by atoms with van der Waals surface area (Å²) in [6, 6.07) is 107. The average Bonchev–Trinajstić information content (AvgIpc) is 1.58. The molecule has 126 heavy (non-hydrogen) atoms. The largest absolute Gasteiger partial charge is 0.491 e. The Balaban J connectivity index is 0.000000205. The first-order valence-electron chi connectivity index (χ1n) is 43.0. The van der Waals surface area contributed by atoms with Crippen LogP contribution in [0.4, 0.5) is 0 Å². The van der Waals surface area contributed by atoms with Crippen molar-refractivity contribution in [3.63, 3.8) is 0 Å². The number of fused-ring (bicyclic) bond motifs is 12. The Morgan fingerprint density at radius 3 is 1.25 bits per heavy atom. The molecule has 0 aliphatic carbocycles. The predicted molar refractivity (Wildman–Crippen MR) is 513 cm³/mol. The Morgan fingerprint density at radius 2 is 0.762 bits per heavy atom. The molecule has 8 aromatic heterocycles. The quantitative estimate of drug-likeness (QED) is 0.0886. The third kappa shape index (κ3) is 15.3. The molecule has 1 radical (unpaired) electrons. The van der Waals surface area contributed by atoms with E-state index < -0.39 is 0 Å². The minimum Gasteiger partial charge on any atom is -0.491 e. The van der Waals surface area contributed by atoms with E-state index in [1.165, 1.54) is 99.8 Å². The molecule has 1 atom stereocenters. The second-order valence-electron chi connectivity index (χ2n) is 33.3. The second-order valence-corrected chi connectivity index (χ2v) is 33.3. The Bertz CT molecular complexity index is 7690. The number of rotatable bonds is 16. The monoisotopic (exact) mass is 1820 g/mol. The molecule has 0 aliphatic rings. The second kappa shape index (κ2) is 34.0. The van der Waals surface area contributed by atoms with Crippen molar-refractivity contribution in [2.75, 3.05) is 0 Å². The Kier molecular flexibility index (Phi) is 21.9. The molecular formula is C113H93IrN9O3-2. The predicted octanol–water partition coefficient (Wildman–Crippen LogP) is 28.7. The van der Waals surface area contributed by atoms with Crippen LogP contribution < -0.4 is 4.74 Å². The van der Waals surface area contributed by atoms with E-state index in [-0.39, 0.29) is 26.2 Å². The van der Waals surface area contributed by atoms with E-state index >= 15 is 0 Å². The van der Waals surface area contributed by atoms with E-state index in [9.17, 15) is 0 Å². The Hall–Kier alpha value is -14.5. The minimum absolute atomic E-state index is 0. The van der Waals surface area contributed by atoms with Crippen molar-refractivity contribution in [1.29, 1.82) is 0 Å². The summed E-state index contributed by atoms with van der Waals surface area (Å²) in [7, 11) is 0. The van der Waals surface area contributed by atoms with Gasteiger partial charge in [-0.2, -0.15) is 0 Å². The zero-order chi connectivity index (χ0) is 85.3. The fraction of sp³-hybridized carbons (Fsp3) is 0.133. The van der Waals surface area contributed by atoms with Crippen molar-refractivity contribution in [1.82, 2.24) is 42.8 Å². The van der Waals surface area contributed by atoms with Gasteiger partial charge in [0.25, 0.3) is 0 Å². The van der Waals surface area contributed by atoms with Crippen LogP contribution in [0, 0.1) is 74.4 Å². The van der Waals surface area contributed by atoms with E-state index in [1.807, 2.05) is 91.8 Å². The number of aryl methyl sites for hydroxylation is 11. The summed E-state index contributed by atoms with van der Waals surface area (Å²) in [4.78, 5) is 18.1. The number of hydrogen-bond donors (Lipinski definition) is 0. The number of hydrogen-bond acceptors (Lipinski definition) is 7. The van der Waals surface area contributed by atoms with Crippen molar-refractivity contribution in [3.8, 4) is 90.7 Å². The normalized spacial score (nSPS) is 11.8. The first-order valence-corrected chi connectivity index (χ1v) is 43.0. The van der Waals surface area contributed by atoms with Crippen molar-refractivity contribution >= 4 is 87.5 Å². The number of furan rings is 2. The number of nitrogens with zero attached hydrogens (tertiary/aromatic N) is 9. The fourth-order valence-electron chi connectivity index (χ4n) is 18.9. The topological polar surface area (TPSA) is 112 Å². The molecule has 0 fully saturated rings. The van der Waals surface area contributed by atoms with Crippen molar-refractivity contribution in [3.05, 3.63) is 396 Å². The van der Waals surface area contributed by atoms with Gasteiger partial charge in [-0.1, -0.05) is 145 Å². The van der Waals surface area contributed by atoms with Crippen LogP contribution in [0.2, 0.25) is 0 Å². The van der Waals surface area contributed by atoms with Gasteiger partial charge in [0.2, 0.25) is 0 Å². The van der Waals surface area contributed by atoms with Gasteiger partial charge in [0.1, 0.15) is 33.8 Å². The van der Waals surface area contributed by atoms with Crippen LogP contribution in [-0.2, 0) is 32.9 Å². The summed E-state index contributed by atoms with van der Waals surface area (Å²) >= 11 is 0. The molecule has 14 aromatic carbocycles. The van der Waals surface area contributed by atoms with E-state index in [1.54, 1.807) is 6.20 Å². The maximum atomic E-state index is 6.47. The van der Waals surface area contributed by atoms with Crippen LogP contribution in [-0.4, -0.2) is 48.9 Å². The molecule has 0 saturated heterocycles. The molecule has 13 heteroatoms. The Morgan fingerprint density at radius 1 is 0.341 bits per heavy atom. The maximum Gasteiger partial charge on any atom is 0.163 e. The average molecular weight is 1820 g/mol. The number of imidazole rings is 3. The summed E-state index contributed by atoms with van der Waals surface area (Å²) in [5.41, 5.74) is 35.2. The maximum absolute atomic E-state index is 6.47. The zero-order valence-corrected chi connectivity index (χ0v) is 74.8. The number of benzene rings is 14. The van der Waals surface area contributed by atoms with Gasteiger partial charge < -0.3 is 31.8 Å². The number of para-hydroxylation sites is 2. The molecule has 619 valence electrons. The number of aromatic nitrogens is 9. The fourth-order valence-corrected chi connectivity index (χ4v) is 18.9. The third-order valence-corrected chi connectivity index (χ3v) is 24.5. The number of pyridine rings is 1. The van der Waals surface area contributed by atoms with E-state index in [0.29, 0.717) is 0 Å². The first kappa shape index (κ1) is 81.2. The van der Waals surface area contributed by atoms with Crippen molar-refractivity contribution in [2.24, 2.45) is 0 Å². The van der Waals surface area contributed by atoms with Crippen molar-refractivity contribution < 1.29 is 33.7 Å². The molecule has 22 rings (SSSR count). The third-order valence-electron chi connectivity index (χ3n) is 24.5. The van der Waals surface area contributed by atoms with Gasteiger partial charge in [-0.25, -0.2) is 4.98 Å². The van der Waals surface area contributed by atoms with Crippen molar-refractivity contribution in [2.45, 2.75) is 102 Å². The van der Waals surface area contributed by atoms with Crippen LogP contribution in [0.25, 0.3) is 172 Å². The number of ether oxygens (including phenoxy) is 1. The molecule has 0 aliphatic heterocycles. The van der Waals surface area contributed by atoms with Crippen LogP contribution in [0.15, 0.2) is 331 Å². The summed E-state index contributed by atoms with van der Waals surface area (Å²) in [5, 5.41) is 9.22. The molecule has 22 aromatic rings. The SMILES string of the molecule is CCC(C)Oc1ccc2oc3ccc(-c4ccc5c(c4)c4ccccc4n5-c4cccc(-n5c6ccccc6c6cc(-c7ccc8oc9ccc(CCc%10c[c-]c(-c%11nccn%11-c%11c(C)cc(C)cc%11C)cc%10)cc9c8c7)ccc65)c4)cc3c2c1.Cc1cc(C)c(-n2ccnc2-c2[c-]cccc2)c(C)c1.Cc1cc(C)c(-n2ccnc2-c2ccccn2)c(C)c1.[Ir]. The summed E-state index contributed by atoms with van der Waals surface area (Å²) in [5.74, 6) is 3.57. The molecule has 0 saturated carbocycles. The Labute approximate surface area is 746 Å². The van der Waals surface area contributed by atoms with E-state index in [0.717, 1.165) is 159 Å². The molecule has 0 amide bonds. The summed E-state index contributed by atoms with van der Waals surface area (Å²) in [6.45, 7) is 23.6. The van der Waals surface area contributed by atoms with Crippen LogP contribution >= 0.6 is 0 Å². The van der Waals surface area contributed by atoms with Gasteiger partial charge in [-0.05, 0) is 265 Å². The smallest absolute Gasteiger partial charge is 0.163 e. The standard InChI is InChI=1S/C78H59N4O3.C18H17N2.C17H17N3.Ir/c1-6-50(5)83-60-29-35-76-68(46-60)67-44-57(28-34-75(67)85-76)55-26-31-72-64(42-55)62-15-8-10-17-70(62)82(72)59-13-11-12-58(45-59)81-69-16-9-7-14-61(69)63-41-54(25-30-71(63)81)56-27-33-74-66(43-56)65-40-52(22-32-73(65)84-74)19-18-51-20-23-53(24-21-51)78-79-36-37-80(78)77-48(3)38-47(2)39-49(77)4;1-13-11-14(2)17(15(3)12-13)20-10-9-19-18(20)16-7-5-4-6-8-16;1-12-10-13(2)16(14(3)11-12)20-9-8-19-17(20)15-6-4-5-7-18-15;/h7-17,20-23,25-46,50H,6,18-19H2,1-5H3;4-7,9-12H,1-3H3;4-11H,1-3H3;/q2*-1;;. The first-order chi connectivity index (χ1) is 61.0. The van der Waals surface area contributed by atoms with E-state index in [2.05, 4.69) is 351 Å². The molecule has 1 unspecified atom stereocenters. The zero-order valence-electron chi connectivity index (χ0n) is 72.4. The molecular weight excluding hydrogens is 1720 g/mol. The van der Waals surface area contributed by atoms with Crippen LogP contribution in [0.1, 0.15) is 81.5 Å². The molecule has 8 heterocycles. The summed E-state index contributed by atoms with van der Waals surface area (Å²) < 4.78 is 30.3. The molecule has 0 spiro atoms. The summed E-state index contributed by atoms with van der Waals surface area (Å²) in [6.07, 6.45) is 16.3. The van der Waals surface area contributed by atoms with Gasteiger partial charge in [0.05, 0.1) is 45.5 Å². The van der Waals surface area contributed by atoms with Crippen LogP contribution in [0.3, 0.4) is 0 Å². The molecule has 0 N–H and O–H groups in total.